The second kappa shape index (κ2) is 5.17. The summed E-state index contributed by atoms with van der Waals surface area (Å²) in [6, 6.07) is 2.10. The Labute approximate surface area is 67.4 Å². The van der Waals surface area contributed by atoms with Crippen molar-refractivity contribution in [3.63, 3.8) is 0 Å². The van der Waals surface area contributed by atoms with E-state index in [0.717, 1.165) is 32.4 Å². The molecule has 4 heteroatoms. The average Bonchev–Trinajstić information content (AvgIpc) is 2.07. The van der Waals surface area contributed by atoms with Gasteiger partial charge in [0, 0.05) is 19.6 Å². The SMILES string of the molecule is N#CCCCB1OCCCO1. The van der Waals surface area contributed by atoms with Crippen LogP contribution in [0.1, 0.15) is 19.3 Å². The molecule has 1 heterocycles. The highest BCUT2D eigenvalue weighted by Crippen LogP contribution is 2.08. The van der Waals surface area contributed by atoms with Crippen LogP contribution in [0.4, 0.5) is 0 Å². The number of hydrogen-bond donors (Lipinski definition) is 0. The lowest BCUT2D eigenvalue weighted by Crippen LogP contribution is -2.29. The topological polar surface area (TPSA) is 42.2 Å². The van der Waals surface area contributed by atoms with Gasteiger partial charge in [-0.1, -0.05) is 0 Å². The zero-order chi connectivity index (χ0) is 7.94. The summed E-state index contributed by atoms with van der Waals surface area (Å²) < 4.78 is 10.6. The van der Waals surface area contributed by atoms with Crippen LogP contribution in [0.2, 0.25) is 6.32 Å². The van der Waals surface area contributed by atoms with E-state index >= 15 is 0 Å². The molecular weight excluding hydrogens is 141 g/mol. The van der Waals surface area contributed by atoms with Crippen molar-refractivity contribution in [2.45, 2.75) is 25.6 Å². The van der Waals surface area contributed by atoms with E-state index in [-0.39, 0.29) is 7.12 Å². The Bertz CT molecular complexity index is 140. The van der Waals surface area contributed by atoms with Crippen LogP contribution in [-0.2, 0) is 9.31 Å². The van der Waals surface area contributed by atoms with Gasteiger partial charge in [0.1, 0.15) is 0 Å². The first-order valence-electron chi connectivity index (χ1n) is 4.03. The maximum atomic E-state index is 8.26. The summed E-state index contributed by atoms with van der Waals surface area (Å²) in [5.41, 5.74) is 0. The molecule has 0 saturated carbocycles. The molecule has 1 aliphatic rings. The first kappa shape index (κ1) is 8.57. The predicted octanol–water partition coefficient (Wildman–Crippen LogP) is 1.22. The molecule has 0 aliphatic carbocycles. The fraction of sp³-hybridized carbons (Fsp3) is 0.857. The van der Waals surface area contributed by atoms with Crippen molar-refractivity contribution in [2.75, 3.05) is 13.2 Å². The Hall–Kier alpha value is -0.525. The van der Waals surface area contributed by atoms with E-state index in [1.807, 2.05) is 0 Å². The van der Waals surface area contributed by atoms with Crippen LogP contribution < -0.4 is 0 Å². The second-order valence-corrected chi connectivity index (χ2v) is 2.58. The zero-order valence-electron chi connectivity index (χ0n) is 6.58. The average molecular weight is 153 g/mol. The Balaban J connectivity index is 2.01. The first-order valence-corrected chi connectivity index (χ1v) is 4.03. The summed E-state index contributed by atoms with van der Waals surface area (Å²) >= 11 is 0. The quantitative estimate of drug-likeness (QED) is 0.452. The van der Waals surface area contributed by atoms with Gasteiger partial charge in [-0.25, -0.2) is 0 Å². The highest BCUT2D eigenvalue weighted by Gasteiger charge is 2.20. The van der Waals surface area contributed by atoms with Crippen molar-refractivity contribution in [3.05, 3.63) is 0 Å². The van der Waals surface area contributed by atoms with Gasteiger partial charge in [-0.05, 0) is 19.2 Å². The second-order valence-electron chi connectivity index (χ2n) is 2.58. The highest BCUT2D eigenvalue weighted by molar-refractivity contribution is 6.44. The molecule has 0 amide bonds. The standard InChI is InChI=1S/C7H12BNO2/c9-5-2-1-4-8-10-6-3-7-11-8/h1-4,6-7H2. The third-order valence-electron chi connectivity index (χ3n) is 1.62. The van der Waals surface area contributed by atoms with Crippen LogP contribution >= 0.6 is 0 Å². The summed E-state index contributed by atoms with van der Waals surface area (Å²) in [7, 11) is -0.0444. The highest BCUT2D eigenvalue weighted by atomic mass is 16.6. The lowest BCUT2D eigenvalue weighted by molar-refractivity contribution is 0.133. The molecule has 1 aliphatic heterocycles. The fourth-order valence-electron chi connectivity index (χ4n) is 1.05. The van der Waals surface area contributed by atoms with Crippen LogP contribution in [0, 0.1) is 11.3 Å². The molecule has 0 atom stereocenters. The molecule has 0 unspecified atom stereocenters. The molecule has 0 aromatic carbocycles. The summed E-state index contributed by atoms with van der Waals surface area (Å²) in [5, 5.41) is 8.26. The van der Waals surface area contributed by atoms with Gasteiger partial charge in [0.15, 0.2) is 0 Å². The first-order chi connectivity index (χ1) is 5.43. The predicted molar refractivity (Wildman–Crippen MR) is 41.9 cm³/mol. The van der Waals surface area contributed by atoms with Gasteiger partial charge < -0.3 is 9.31 Å². The van der Waals surface area contributed by atoms with Crippen LogP contribution in [-0.4, -0.2) is 20.3 Å². The van der Waals surface area contributed by atoms with Crippen LogP contribution in [0.3, 0.4) is 0 Å². The molecule has 0 N–H and O–H groups in total. The van der Waals surface area contributed by atoms with Crippen molar-refractivity contribution >= 4 is 7.12 Å². The molecule has 3 nitrogen and oxygen atoms in total. The maximum Gasteiger partial charge on any atom is 0.456 e. The molecule has 1 saturated heterocycles. The van der Waals surface area contributed by atoms with E-state index in [0.29, 0.717) is 6.42 Å². The molecule has 60 valence electrons. The minimum Gasteiger partial charge on any atom is -0.411 e. The lowest BCUT2D eigenvalue weighted by atomic mass is 9.81. The molecule has 0 spiro atoms. The largest absolute Gasteiger partial charge is 0.456 e. The summed E-state index contributed by atoms with van der Waals surface area (Å²) in [5.74, 6) is 0. The van der Waals surface area contributed by atoms with Crippen molar-refractivity contribution < 1.29 is 9.31 Å². The van der Waals surface area contributed by atoms with Crippen LogP contribution in [0.5, 0.6) is 0 Å². The molecular formula is C7H12BNO2. The number of unbranched alkanes of at least 4 members (excludes halogenated alkanes) is 1. The number of nitriles is 1. The molecule has 1 fully saturated rings. The Morgan fingerprint density at radius 1 is 1.36 bits per heavy atom. The number of hydrogen-bond acceptors (Lipinski definition) is 3. The third-order valence-corrected chi connectivity index (χ3v) is 1.62. The summed E-state index contributed by atoms with van der Waals surface area (Å²) in [4.78, 5) is 0. The maximum absolute atomic E-state index is 8.26. The molecule has 11 heavy (non-hydrogen) atoms. The van der Waals surface area contributed by atoms with Gasteiger partial charge in [-0.2, -0.15) is 5.26 Å². The molecule has 0 bridgehead atoms. The number of rotatable bonds is 3. The van der Waals surface area contributed by atoms with Crippen molar-refractivity contribution in [1.29, 1.82) is 5.26 Å². The smallest absolute Gasteiger partial charge is 0.411 e. The number of nitrogens with zero attached hydrogens (tertiary/aromatic N) is 1. The van der Waals surface area contributed by atoms with Crippen molar-refractivity contribution in [1.82, 2.24) is 0 Å². The fourth-order valence-corrected chi connectivity index (χ4v) is 1.05. The van der Waals surface area contributed by atoms with Gasteiger partial charge in [0.05, 0.1) is 6.07 Å². The van der Waals surface area contributed by atoms with Gasteiger partial charge in [0.25, 0.3) is 0 Å². The van der Waals surface area contributed by atoms with Gasteiger partial charge in [-0.3, -0.25) is 0 Å². The van der Waals surface area contributed by atoms with Gasteiger partial charge >= 0.3 is 7.12 Å². The Morgan fingerprint density at radius 2 is 2.09 bits per heavy atom. The minimum absolute atomic E-state index is 0.0444. The van der Waals surface area contributed by atoms with Crippen molar-refractivity contribution in [2.24, 2.45) is 0 Å². The minimum atomic E-state index is -0.0444. The summed E-state index contributed by atoms with van der Waals surface area (Å²) in [6.45, 7) is 1.61. The van der Waals surface area contributed by atoms with E-state index in [9.17, 15) is 0 Å². The van der Waals surface area contributed by atoms with E-state index < -0.39 is 0 Å². The monoisotopic (exact) mass is 153 g/mol. The molecule has 0 aromatic heterocycles. The van der Waals surface area contributed by atoms with E-state index in [1.54, 1.807) is 0 Å². The molecule has 0 aromatic rings. The molecule has 0 radical (unpaired) electrons. The Kier molecular flexibility index (Phi) is 4.03. The van der Waals surface area contributed by atoms with E-state index in [4.69, 9.17) is 14.6 Å². The Morgan fingerprint density at radius 3 is 2.73 bits per heavy atom. The van der Waals surface area contributed by atoms with Crippen LogP contribution in [0.15, 0.2) is 0 Å². The zero-order valence-corrected chi connectivity index (χ0v) is 6.58. The van der Waals surface area contributed by atoms with E-state index in [1.165, 1.54) is 0 Å². The molecule has 1 rings (SSSR count). The van der Waals surface area contributed by atoms with Crippen molar-refractivity contribution in [3.8, 4) is 6.07 Å². The lowest BCUT2D eigenvalue weighted by Gasteiger charge is -2.18. The summed E-state index contributed by atoms with van der Waals surface area (Å²) in [6.07, 6.45) is 3.33. The van der Waals surface area contributed by atoms with Gasteiger partial charge in [-0.15, -0.1) is 0 Å². The normalized spacial score (nSPS) is 17.9. The van der Waals surface area contributed by atoms with Crippen LogP contribution in [0.25, 0.3) is 0 Å². The van der Waals surface area contributed by atoms with Gasteiger partial charge in [0.2, 0.25) is 0 Å². The van der Waals surface area contributed by atoms with E-state index in [2.05, 4.69) is 6.07 Å². The third kappa shape index (κ3) is 3.40.